The lowest BCUT2D eigenvalue weighted by Crippen LogP contribution is -2.31. The molecule has 0 aromatic heterocycles. The topological polar surface area (TPSA) is 12.5 Å². The standard InChI is InChI=1S/C12H16FNO/c1-3-14-7-9-4-5-10(15-2)6-11(9)12(13)8-14/h4-6,12H,3,7-8H2,1-2H3. The summed E-state index contributed by atoms with van der Waals surface area (Å²) in [6.45, 7) is 4.29. The Morgan fingerprint density at radius 1 is 1.53 bits per heavy atom. The van der Waals surface area contributed by atoms with Crippen LogP contribution in [0.3, 0.4) is 0 Å². The number of likely N-dealkylation sites (N-methyl/N-ethyl adjacent to an activating group) is 1. The van der Waals surface area contributed by atoms with Crippen LogP contribution in [0.5, 0.6) is 5.75 Å². The van der Waals surface area contributed by atoms with Crippen molar-refractivity contribution in [2.24, 2.45) is 0 Å². The molecule has 1 aromatic rings. The lowest BCUT2D eigenvalue weighted by Gasteiger charge is -2.30. The van der Waals surface area contributed by atoms with Gasteiger partial charge in [0.2, 0.25) is 0 Å². The third-order valence-corrected chi connectivity index (χ3v) is 2.95. The van der Waals surface area contributed by atoms with Crippen LogP contribution in [0.25, 0.3) is 0 Å². The van der Waals surface area contributed by atoms with Gasteiger partial charge < -0.3 is 4.74 Å². The maximum absolute atomic E-state index is 13.8. The minimum absolute atomic E-state index is 0.497. The number of nitrogens with zero attached hydrogens (tertiary/aromatic N) is 1. The molecule has 0 radical (unpaired) electrons. The van der Waals surface area contributed by atoms with E-state index in [1.807, 2.05) is 18.2 Å². The molecule has 0 spiro atoms. The second-order valence-corrected chi connectivity index (χ2v) is 3.86. The Hall–Kier alpha value is -1.09. The van der Waals surface area contributed by atoms with Gasteiger partial charge in [-0.2, -0.15) is 0 Å². The summed E-state index contributed by atoms with van der Waals surface area (Å²) in [4.78, 5) is 2.11. The first-order valence-electron chi connectivity index (χ1n) is 5.27. The summed E-state index contributed by atoms with van der Waals surface area (Å²) in [6, 6.07) is 5.67. The van der Waals surface area contributed by atoms with Crippen LogP contribution in [0.1, 0.15) is 24.2 Å². The third-order valence-electron chi connectivity index (χ3n) is 2.95. The van der Waals surface area contributed by atoms with Gasteiger partial charge in [0.25, 0.3) is 0 Å². The van der Waals surface area contributed by atoms with Gasteiger partial charge >= 0.3 is 0 Å². The number of fused-ring (bicyclic) bond motifs is 1. The predicted molar refractivity (Wildman–Crippen MR) is 57.8 cm³/mol. The largest absolute Gasteiger partial charge is 0.497 e. The van der Waals surface area contributed by atoms with E-state index in [0.717, 1.165) is 30.0 Å². The van der Waals surface area contributed by atoms with Crippen molar-refractivity contribution in [2.75, 3.05) is 20.2 Å². The second kappa shape index (κ2) is 4.19. The Morgan fingerprint density at radius 3 is 3.00 bits per heavy atom. The fraction of sp³-hybridized carbons (Fsp3) is 0.500. The summed E-state index contributed by atoms with van der Waals surface area (Å²) in [5.74, 6) is 0.737. The zero-order chi connectivity index (χ0) is 10.8. The molecule has 2 nitrogen and oxygen atoms in total. The normalized spacial score (nSPS) is 21.1. The molecule has 1 atom stereocenters. The molecule has 1 heterocycles. The fourth-order valence-corrected chi connectivity index (χ4v) is 2.01. The SMILES string of the molecule is CCN1Cc2ccc(OC)cc2C(F)C1. The first kappa shape index (κ1) is 10.4. The summed E-state index contributed by atoms with van der Waals surface area (Å²) >= 11 is 0. The molecule has 1 aliphatic heterocycles. The molecule has 3 heteroatoms. The van der Waals surface area contributed by atoms with Gasteiger partial charge in [0.15, 0.2) is 0 Å². The van der Waals surface area contributed by atoms with E-state index in [0.29, 0.717) is 6.54 Å². The monoisotopic (exact) mass is 209 g/mol. The van der Waals surface area contributed by atoms with E-state index in [2.05, 4.69) is 11.8 Å². The van der Waals surface area contributed by atoms with Crippen molar-refractivity contribution in [1.82, 2.24) is 4.90 Å². The number of methoxy groups -OCH3 is 1. The number of halogens is 1. The molecule has 0 saturated heterocycles. The first-order valence-corrected chi connectivity index (χ1v) is 5.27. The van der Waals surface area contributed by atoms with Crippen molar-refractivity contribution in [3.63, 3.8) is 0 Å². The highest BCUT2D eigenvalue weighted by Crippen LogP contribution is 2.31. The number of hydrogen-bond acceptors (Lipinski definition) is 2. The Balaban J connectivity index is 2.32. The second-order valence-electron chi connectivity index (χ2n) is 3.86. The number of alkyl halides is 1. The number of rotatable bonds is 2. The Labute approximate surface area is 89.7 Å². The molecule has 0 amide bonds. The molecule has 2 rings (SSSR count). The van der Waals surface area contributed by atoms with Crippen LogP contribution in [0.2, 0.25) is 0 Å². The van der Waals surface area contributed by atoms with E-state index < -0.39 is 6.17 Å². The smallest absolute Gasteiger partial charge is 0.138 e. The Kier molecular flexibility index (Phi) is 2.91. The van der Waals surface area contributed by atoms with Crippen LogP contribution in [0, 0.1) is 0 Å². The van der Waals surface area contributed by atoms with Gasteiger partial charge in [-0.15, -0.1) is 0 Å². The summed E-state index contributed by atoms with van der Waals surface area (Å²) in [7, 11) is 1.61. The quantitative estimate of drug-likeness (QED) is 0.742. The summed E-state index contributed by atoms with van der Waals surface area (Å²) < 4.78 is 18.9. The highest BCUT2D eigenvalue weighted by Gasteiger charge is 2.24. The van der Waals surface area contributed by atoms with Crippen LogP contribution >= 0.6 is 0 Å². The molecule has 0 aliphatic carbocycles. The lowest BCUT2D eigenvalue weighted by molar-refractivity contribution is 0.171. The maximum atomic E-state index is 13.8. The van der Waals surface area contributed by atoms with Gasteiger partial charge in [-0.1, -0.05) is 13.0 Å². The highest BCUT2D eigenvalue weighted by atomic mass is 19.1. The van der Waals surface area contributed by atoms with Crippen LogP contribution in [0.15, 0.2) is 18.2 Å². The van der Waals surface area contributed by atoms with Crippen LogP contribution < -0.4 is 4.74 Å². The Morgan fingerprint density at radius 2 is 2.33 bits per heavy atom. The minimum Gasteiger partial charge on any atom is -0.497 e. The van der Waals surface area contributed by atoms with Crippen molar-refractivity contribution in [3.05, 3.63) is 29.3 Å². The molecule has 1 unspecified atom stereocenters. The summed E-state index contributed by atoms with van der Waals surface area (Å²) in [5, 5.41) is 0. The summed E-state index contributed by atoms with van der Waals surface area (Å²) in [6.07, 6.45) is -0.885. The fourth-order valence-electron chi connectivity index (χ4n) is 2.01. The molecular formula is C12H16FNO. The van der Waals surface area contributed by atoms with Crippen LogP contribution in [-0.4, -0.2) is 25.1 Å². The summed E-state index contributed by atoms with van der Waals surface area (Å²) in [5.41, 5.74) is 1.87. The number of hydrogen-bond donors (Lipinski definition) is 0. The van der Waals surface area contributed by atoms with Crippen LogP contribution in [0.4, 0.5) is 4.39 Å². The molecule has 0 bridgehead atoms. The van der Waals surface area contributed by atoms with E-state index in [1.165, 1.54) is 0 Å². The molecular weight excluding hydrogens is 193 g/mol. The minimum atomic E-state index is -0.885. The van der Waals surface area contributed by atoms with Gasteiger partial charge in [0.05, 0.1) is 7.11 Å². The van der Waals surface area contributed by atoms with E-state index >= 15 is 0 Å². The lowest BCUT2D eigenvalue weighted by atomic mass is 9.98. The first-order chi connectivity index (χ1) is 7.24. The highest BCUT2D eigenvalue weighted by molar-refractivity contribution is 5.38. The molecule has 82 valence electrons. The van der Waals surface area contributed by atoms with Crippen molar-refractivity contribution in [2.45, 2.75) is 19.6 Å². The molecule has 0 fully saturated rings. The van der Waals surface area contributed by atoms with E-state index in [1.54, 1.807) is 7.11 Å². The zero-order valence-corrected chi connectivity index (χ0v) is 9.16. The number of ether oxygens (including phenoxy) is 1. The van der Waals surface area contributed by atoms with Crippen molar-refractivity contribution in [3.8, 4) is 5.75 Å². The number of benzene rings is 1. The van der Waals surface area contributed by atoms with E-state index in [-0.39, 0.29) is 0 Å². The molecule has 1 aromatic carbocycles. The third kappa shape index (κ3) is 1.97. The van der Waals surface area contributed by atoms with Gasteiger partial charge in [-0.3, -0.25) is 4.90 Å². The molecule has 0 saturated carbocycles. The van der Waals surface area contributed by atoms with Crippen molar-refractivity contribution >= 4 is 0 Å². The van der Waals surface area contributed by atoms with Crippen molar-refractivity contribution < 1.29 is 9.13 Å². The molecule has 0 N–H and O–H groups in total. The Bertz CT molecular complexity index is 353. The predicted octanol–water partition coefficient (Wildman–Crippen LogP) is 2.54. The van der Waals surface area contributed by atoms with E-state index in [4.69, 9.17) is 4.74 Å². The van der Waals surface area contributed by atoms with Gasteiger partial charge in [-0.05, 0) is 29.8 Å². The van der Waals surface area contributed by atoms with E-state index in [9.17, 15) is 4.39 Å². The van der Waals surface area contributed by atoms with Gasteiger partial charge in [0.1, 0.15) is 11.9 Å². The van der Waals surface area contributed by atoms with Gasteiger partial charge in [0, 0.05) is 13.1 Å². The van der Waals surface area contributed by atoms with Crippen LogP contribution in [-0.2, 0) is 6.54 Å². The molecule has 15 heavy (non-hydrogen) atoms. The zero-order valence-electron chi connectivity index (χ0n) is 9.16. The molecule has 1 aliphatic rings. The average Bonchev–Trinajstić information content (AvgIpc) is 2.28. The maximum Gasteiger partial charge on any atom is 0.138 e. The average molecular weight is 209 g/mol. The van der Waals surface area contributed by atoms with Crippen molar-refractivity contribution in [1.29, 1.82) is 0 Å². The van der Waals surface area contributed by atoms with Gasteiger partial charge in [-0.25, -0.2) is 4.39 Å².